The summed E-state index contributed by atoms with van der Waals surface area (Å²) in [6.07, 6.45) is 2.89. The number of rotatable bonds is 4. The summed E-state index contributed by atoms with van der Waals surface area (Å²) in [5.41, 5.74) is 0.703. The van der Waals surface area contributed by atoms with E-state index in [0.29, 0.717) is 27.0 Å². The van der Waals surface area contributed by atoms with Gasteiger partial charge in [-0.2, -0.15) is 0 Å². The molecule has 0 aromatic carbocycles. The van der Waals surface area contributed by atoms with Gasteiger partial charge < -0.3 is 15.5 Å². The number of aryl methyl sites for hydroxylation is 1. The third-order valence-electron chi connectivity index (χ3n) is 3.69. The summed E-state index contributed by atoms with van der Waals surface area (Å²) in [4.78, 5) is 20.5. The van der Waals surface area contributed by atoms with E-state index in [1.807, 2.05) is 0 Å². The third kappa shape index (κ3) is 2.23. The Morgan fingerprint density at radius 2 is 2.25 bits per heavy atom. The maximum atomic E-state index is 11.2. The lowest BCUT2D eigenvalue weighted by molar-refractivity contribution is 0.0486. The van der Waals surface area contributed by atoms with Crippen LogP contribution in [0.25, 0.3) is 10.2 Å². The van der Waals surface area contributed by atoms with Crippen LogP contribution >= 0.6 is 11.3 Å². The number of fused-ring (bicyclic) bond motifs is 1. The van der Waals surface area contributed by atoms with E-state index in [9.17, 15) is 9.90 Å². The van der Waals surface area contributed by atoms with Crippen molar-refractivity contribution >= 4 is 33.3 Å². The molecule has 0 amide bonds. The lowest BCUT2D eigenvalue weighted by Crippen LogP contribution is -2.33. The molecule has 3 rings (SSSR count). The Labute approximate surface area is 119 Å². The standard InChI is InChI=1S/C13H15N3O3S/c1-6-9-11(14-4-7-2-8(17)3-7)15-5-16-12(9)20-10(6)13(18)19/h5,7-8,17H,2-4H2,1H3,(H,18,19)(H,14,15,16). The molecule has 106 valence electrons. The minimum Gasteiger partial charge on any atom is -0.477 e. The Bertz CT molecular complexity index is 664. The molecule has 6 nitrogen and oxygen atoms in total. The first-order valence-electron chi connectivity index (χ1n) is 6.45. The number of anilines is 1. The third-order valence-corrected chi connectivity index (χ3v) is 4.88. The zero-order chi connectivity index (χ0) is 14.3. The van der Waals surface area contributed by atoms with Gasteiger partial charge in [-0.1, -0.05) is 0 Å². The molecule has 20 heavy (non-hydrogen) atoms. The number of hydrogen-bond donors (Lipinski definition) is 3. The van der Waals surface area contributed by atoms with E-state index in [1.165, 1.54) is 17.7 Å². The molecular weight excluding hydrogens is 278 g/mol. The summed E-state index contributed by atoms with van der Waals surface area (Å²) >= 11 is 1.17. The number of hydrogen-bond acceptors (Lipinski definition) is 6. The average molecular weight is 293 g/mol. The summed E-state index contributed by atoms with van der Waals surface area (Å²) in [5, 5.41) is 22.5. The van der Waals surface area contributed by atoms with Crippen LogP contribution in [0, 0.1) is 12.8 Å². The van der Waals surface area contributed by atoms with Crippen LogP contribution in [0.1, 0.15) is 28.1 Å². The quantitative estimate of drug-likeness (QED) is 0.796. The van der Waals surface area contributed by atoms with Crippen LogP contribution in [-0.4, -0.2) is 38.8 Å². The monoisotopic (exact) mass is 293 g/mol. The minimum atomic E-state index is -0.932. The highest BCUT2D eigenvalue weighted by Crippen LogP contribution is 2.34. The number of aliphatic hydroxyl groups excluding tert-OH is 1. The van der Waals surface area contributed by atoms with E-state index in [-0.39, 0.29) is 6.10 Å². The number of nitrogens with one attached hydrogen (secondary N) is 1. The number of carbonyl (C=O) groups is 1. The molecule has 1 aliphatic rings. The number of nitrogens with zero attached hydrogens (tertiary/aromatic N) is 2. The van der Waals surface area contributed by atoms with Crippen molar-refractivity contribution in [2.75, 3.05) is 11.9 Å². The number of aromatic nitrogens is 2. The fraction of sp³-hybridized carbons (Fsp3) is 0.462. The molecule has 0 saturated heterocycles. The molecule has 7 heteroatoms. The lowest BCUT2D eigenvalue weighted by Gasteiger charge is -2.31. The van der Waals surface area contributed by atoms with Gasteiger partial charge in [-0.3, -0.25) is 0 Å². The van der Waals surface area contributed by atoms with Gasteiger partial charge in [-0.15, -0.1) is 11.3 Å². The zero-order valence-electron chi connectivity index (χ0n) is 11.0. The van der Waals surface area contributed by atoms with Crippen LogP contribution in [0.3, 0.4) is 0 Å². The van der Waals surface area contributed by atoms with Gasteiger partial charge in [0.15, 0.2) is 0 Å². The van der Waals surface area contributed by atoms with Gasteiger partial charge in [-0.05, 0) is 31.2 Å². The number of carboxylic acids is 1. The van der Waals surface area contributed by atoms with E-state index in [2.05, 4.69) is 15.3 Å². The summed E-state index contributed by atoms with van der Waals surface area (Å²) in [6.45, 7) is 2.52. The van der Waals surface area contributed by atoms with Gasteiger partial charge in [0.05, 0.1) is 11.5 Å². The van der Waals surface area contributed by atoms with E-state index in [4.69, 9.17) is 5.11 Å². The SMILES string of the molecule is Cc1c(C(=O)O)sc2ncnc(NCC3CC(O)C3)c12. The Kier molecular flexibility index (Phi) is 3.31. The predicted molar refractivity (Wildman–Crippen MR) is 76.3 cm³/mol. The van der Waals surface area contributed by atoms with Gasteiger partial charge in [0.25, 0.3) is 0 Å². The summed E-state index contributed by atoms with van der Waals surface area (Å²) in [6, 6.07) is 0. The topological polar surface area (TPSA) is 95.3 Å². The van der Waals surface area contributed by atoms with E-state index >= 15 is 0 Å². The highest BCUT2D eigenvalue weighted by atomic mass is 32.1. The molecule has 0 radical (unpaired) electrons. The molecule has 0 bridgehead atoms. The van der Waals surface area contributed by atoms with E-state index < -0.39 is 5.97 Å². The number of carboxylic acid groups (broad SMARTS) is 1. The molecule has 0 unspecified atom stereocenters. The molecule has 0 atom stereocenters. The molecule has 1 saturated carbocycles. The van der Waals surface area contributed by atoms with Gasteiger partial charge in [-0.25, -0.2) is 14.8 Å². The van der Waals surface area contributed by atoms with Crippen LogP contribution in [0.2, 0.25) is 0 Å². The van der Waals surface area contributed by atoms with Crippen molar-refractivity contribution in [1.29, 1.82) is 0 Å². The second-order valence-corrected chi connectivity index (χ2v) is 6.13. The van der Waals surface area contributed by atoms with Crippen molar-refractivity contribution in [1.82, 2.24) is 9.97 Å². The first-order valence-corrected chi connectivity index (χ1v) is 7.27. The van der Waals surface area contributed by atoms with Crippen LogP contribution < -0.4 is 5.32 Å². The Morgan fingerprint density at radius 3 is 2.90 bits per heavy atom. The van der Waals surface area contributed by atoms with E-state index in [1.54, 1.807) is 6.92 Å². The molecule has 2 heterocycles. The van der Waals surface area contributed by atoms with Gasteiger partial charge in [0, 0.05) is 6.54 Å². The normalized spacial score (nSPS) is 21.7. The molecule has 2 aromatic heterocycles. The predicted octanol–water partition coefficient (Wildman–Crippen LogP) is 1.88. The largest absolute Gasteiger partial charge is 0.477 e. The second-order valence-electron chi connectivity index (χ2n) is 5.14. The Balaban J connectivity index is 1.88. The van der Waals surface area contributed by atoms with Crippen LogP contribution in [0.4, 0.5) is 5.82 Å². The van der Waals surface area contributed by atoms with E-state index in [0.717, 1.165) is 24.8 Å². The van der Waals surface area contributed by atoms with Crippen molar-refractivity contribution in [3.8, 4) is 0 Å². The average Bonchev–Trinajstić information content (AvgIpc) is 2.72. The molecule has 3 N–H and O–H groups in total. The molecule has 1 fully saturated rings. The maximum absolute atomic E-state index is 11.2. The van der Waals surface area contributed by atoms with Gasteiger partial charge >= 0.3 is 5.97 Å². The van der Waals surface area contributed by atoms with Gasteiger partial charge in [0.1, 0.15) is 21.9 Å². The molecule has 1 aliphatic carbocycles. The second kappa shape index (κ2) is 4.99. The first kappa shape index (κ1) is 13.3. The Morgan fingerprint density at radius 1 is 1.50 bits per heavy atom. The first-order chi connectivity index (χ1) is 9.56. The Hall–Kier alpha value is -1.73. The summed E-state index contributed by atoms with van der Waals surface area (Å²) in [5.74, 6) is 0.198. The molecule has 0 spiro atoms. The minimum absolute atomic E-state index is 0.172. The highest BCUT2D eigenvalue weighted by molar-refractivity contribution is 7.20. The summed E-state index contributed by atoms with van der Waals surface area (Å²) in [7, 11) is 0. The van der Waals surface area contributed by atoms with Crippen molar-refractivity contribution in [3.05, 3.63) is 16.8 Å². The van der Waals surface area contributed by atoms with Crippen molar-refractivity contribution in [3.63, 3.8) is 0 Å². The highest BCUT2D eigenvalue weighted by Gasteiger charge is 2.27. The van der Waals surface area contributed by atoms with Crippen molar-refractivity contribution in [2.45, 2.75) is 25.9 Å². The van der Waals surface area contributed by atoms with Crippen molar-refractivity contribution in [2.24, 2.45) is 5.92 Å². The van der Waals surface area contributed by atoms with Crippen molar-refractivity contribution < 1.29 is 15.0 Å². The smallest absolute Gasteiger partial charge is 0.346 e. The fourth-order valence-electron chi connectivity index (χ4n) is 2.52. The number of thiophene rings is 1. The van der Waals surface area contributed by atoms with Crippen LogP contribution in [0.5, 0.6) is 0 Å². The molecule has 2 aromatic rings. The zero-order valence-corrected chi connectivity index (χ0v) is 11.8. The van der Waals surface area contributed by atoms with Crippen LogP contribution in [-0.2, 0) is 0 Å². The van der Waals surface area contributed by atoms with Crippen LogP contribution in [0.15, 0.2) is 6.33 Å². The maximum Gasteiger partial charge on any atom is 0.346 e. The van der Waals surface area contributed by atoms with Gasteiger partial charge in [0.2, 0.25) is 0 Å². The number of aromatic carboxylic acids is 1. The molecule has 0 aliphatic heterocycles. The summed E-state index contributed by atoms with van der Waals surface area (Å²) < 4.78 is 0. The number of aliphatic hydroxyl groups is 1. The lowest BCUT2D eigenvalue weighted by atomic mass is 9.82. The molecular formula is C13H15N3O3S. The fourth-order valence-corrected chi connectivity index (χ4v) is 3.51.